The Bertz CT molecular complexity index is 1290. The fourth-order valence-electron chi connectivity index (χ4n) is 3.82. The molecule has 0 atom stereocenters. The molecule has 0 bridgehead atoms. The van der Waals surface area contributed by atoms with Crippen LogP contribution in [-0.2, 0) is 23.5 Å². The maximum absolute atomic E-state index is 13.3. The summed E-state index contributed by atoms with van der Waals surface area (Å²) in [6, 6.07) is 1.56. The van der Waals surface area contributed by atoms with Crippen molar-refractivity contribution in [3.05, 3.63) is 22.1 Å². The van der Waals surface area contributed by atoms with E-state index in [0.717, 1.165) is 23.5 Å². The lowest BCUT2D eigenvalue weighted by atomic mass is 10.2. The minimum atomic E-state index is -3.67. The predicted molar refractivity (Wildman–Crippen MR) is 124 cm³/mol. The van der Waals surface area contributed by atoms with E-state index in [-0.39, 0.29) is 15.6 Å². The van der Waals surface area contributed by atoms with Gasteiger partial charge in [0.15, 0.2) is 10.6 Å². The summed E-state index contributed by atoms with van der Waals surface area (Å²) in [6.07, 6.45) is 1.56. The van der Waals surface area contributed by atoms with E-state index in [4.69, 9.17) is 4.74 Å². The Kier molecular flexibility index (Phi) is 6.39. The molecule has 0 aromatic carbocycles. The van der Waals surface area contributed by atoms with Crippen LogP contribution in [0.5, 0.6) is 5.06 Å². The quantitative estimate of drug-likeness (QED) is 0.547. The van der Waals surface area contributed by atoms with Gasteiger partial charge in [0.05, 0.1) is 17.9 Å². The molecule has 4 rings (SSSR count). The first kappa shape index (κ1) is 22.9. The van der Waals surface area contributed by atoms with Crippen LogP contribution in [0, 0.1) is 0 Å². The van der Waals surface area contributed by atoms with Gasteiger partial charge in [0, 0.05) is 33.2 Å². The number of fused-ring (bicyclic) bond motifs is 1. The van der Waals surface area contributed by atoms with Crippen molar-refractivity contribution in [3.8, 4) is 16.5 Å². The number of H-pyrrole nitrogens is 1. The van der Waals surface area contributed by atoms with Crippen LogP contribution in [0.25, 0.3) is 22.4 Å². The van der Waals surface area contributed by atoms with E-state index in [2.05, 4.69) is 20.0 Å². The topological polar surface area (TPSA) is 113 Å². The summed E-state index contributed by atoms with van der Waals surface area (Å²) >= 11 is 1.06. The number of hydrogen-bond acceptors (Lipinski definition) is 8. The van der Waals surface area contributed by atoms with Gasteiger partial charge >= 0.3 is 0 Å². The molecule has 0 aliphatic carbocycles. The van der Waals surface area contributed by atoms with Crippen LogP contribution < -0.4 is 10.3 Å². The number of piperazine rings is 1. The van der Waals surface area contributed by atoms with Gasteiger partial charge in [0.2, 0.25) is 0 Å². The standard InChI is InChI=1S/C20H28N6O4S2/c1-5-7-14-16-17(25(4)23-14)19(27)22-18(21-16)13-12-15(31-20(13)30-6-2)32(28,29)26-10-8-24(3)9-11-26/h12H,5-11H2,1-4H3,(H,21,22,27). The Morgan fingerprint density at radius 2 is 1.91 bits per heavy atom. The molecule has 1 fully saturated rings. The van der Waals surface area contributed by atoms with Gasteiger partial charge in [-0.2, -0.15) is 9.40 Å². The zero-order chi connectivity index (χ0) is 23.0. The van der Waals surface area contributed by atoms with E-state index < -0.39 is 10.0 Å². The van der Waals surface area contributed by atoms with Gasteiger partial charge in [-0.25, -0.2) is 13.4 Å². The Morgan fingerprint density at radius 1 is 1.19 bits per heavy atom. The number of rotatable bonds is 7. The van der Waals surface area contributed by atoms with Gasteiger partial charge < -0.3 is 14.6 Å². The first-order valence-corrected chi connectivity index (χ1v) is 12.9. The number of nitrogens with one attached hydrogen (secondary N) is 1. The third-order valence-corrected chi connectivity index (χ3v) is 8.91. The molecule has 0 spiro atoms. The van der Waals surface area contributed by atoms with Crippen LogP contribution in [-0.4, -0.2) is 77.2 Å². The van der Waals surface area contributed by atoms with Crippen molar-refractivity contribution in [1.82, 2.24) is 29.0 Å². The van der Waals surface area contributed by atoms with E-state index in [9.17, 15) is 13.2 Å². The highest BCUT2D eigenvalue weighted by Crippen LogP contribution is 2.40. The van der Waals surface area contributed by atoms with Gasteiger partial charge in [-0.3, -0.25) is 9.48 Å². The molecule has 0 radical (unpaired) electrons. The highest BCUT2D eigenvalue weighted by Gasteiger charge is 2.31. The number of sulfonamides is 1. The monoisotopic (exact) mass is 480 g/mol. The molecule has 1 N–H and O–H groups in total. The smallest absolute Gasteiger partial charge is 0.277 e. The number of hydrogen-bond donors (Lipinski definition) is 1. The Labute approximate surface area is 190 Å². The molecule has 174 valence electrons. The minimum absolute atomic E-state index is 0.184. The molecule has 3 aromatic heterocycles. The number of nitrogens with zero attached hydrogens (tertiary/aromatic N) is 5. The van der Waals surface area contributed by atoms with Gasteiger partial charge in [0.25, 0.3) is 15.6 Å². The Hall–Kier alpha value is -2.28. The van der Waals surface area contributed by atoms with Crippen molar-refractivity contribution < 1.29 is 13.2 Å². The van der Waals surface area contributed by atoms with E-state index >= 15 is 0 Å². The minimum Gasteiger partial charge on any atom is -0.484 e. The van der Waals surface area contributed by atoms with E-state index in [0.29, 0.717) is 60.9 Å². The van der Waals surface area contributed by atoms with Crippen molar-refractivity contribution in [2.75, 3.05) is 39.8 Å². The van der Waals surface area contributed by atoms with Crippen LogP contribution in [0.2, 0.25) is 0 Å². The van der Waals surface area contributed by atoms with Crippen molar-refractivity contribution in [1.29, 1.82) is 0 Å². The number of aromatic amines is 1. The van der Waals surface area contributed by atoms with Gasteiger partial charge in [-0.1, -0.05) is 24.7 Å². The number of aryl methyl sites for hydroxylation is 2. The summed E-state index contributed by atoms with van der Waals surface area (Å²) in [4.78, 5) is 22.4. The molecule has 12 heteroatoms. The van der Waals surface area contributed by atoms with Crippen LogP contribution in [0.4, 0.5) is 0 Å². The van der Waals surface area contributed by atoms with Crippen molar-refractivity contribution in [2.45, 2.75) is 30.9 Å². The fraction of sp³-hybridized carbons (Fsp3) is 0.550. The van der Waals surface area contributed by atoms with E-state index in [1.54, 1.807) is 13.1 Å². The fourth-order valence-corrected chi connectivity index (χ4v) is 6.75. The van der Waals surface area contributed by atoms with Crippen LogP contribution in [0.3, 0.4) is 0 Å². The predicted octanol–water partition coefficient (Wildman–Crippen LogP) is 1.67. The number of likely N-dealkylation sites (N-methyl/N-ethyl adjacent to an activating group) is 1. The largest absolute Gasteiger partial charge is 0.484 e. The van der Waals surface area contributed by atoms with Crippen molar-refractivity contribution in [3.63, 3.8) is 0 Å². The lowest BCUT2D eigenvalue weighted by molar-refractivity contribution is 0.222. The zero-order valence-electron chi connectivity index (χ0n) is 18.7. The highest BCUT2D eigenvalue weighted by molar-refractivity contribution is 7.91. The summed E-state index contributed by atoms with van der Waals surface area (Å²) < 4.78 is 35.5. The SMILES string of the molecule is CCCc1nn(C)c2c(=O)[nH]c(-c3cc(S(=O)(=O)N4CCN(C)CC4)sc3OCC)nc12. The summed E-state index contributed by atoms with van der Waals surface area (Å²) in [6.45, 7) is 6.47. The van der Waals surface area contributed by atoms with Gasteiger partial charge in [-0.15, -0.1) is 0 Å². The number of ether oxygens (including phenoxy) is 1. The lowest BCUT2D eigenvalue weighted by Gasteiger charge is -2.31. The zero-order valence-corrected chi connectivity index (χ0v) is 20.3. The summed E-state index contributed by atoms with van der Waals surface area (Å²) in [5.74, 6) is 0.285. The van der Waals surface area contributed by atoms with Gasteiger partial charge in [0.1, 0.15) is 15.6 Å². The maximum Gasteiger partial charge on any atom is 0.277 e. The second kappa shape index (κ2) is 8.93. The molecular formula is C20H28N6O4S2. The highest BCUT2D eigenvalue weighted by atomic mass is 32.2. The van der Waals surface area contributed by atoms with Crippen LogP contribution >= 0.6 is 11.3 Å². The molecule has 32 heavy (non-hydrogen) atoms. The summed E-state index contributed by atoms with van der Waals surface area (Å²) in [5.41, 5.74) is 1.83. The lowest BCUT2D eigenvalue weighted by Crippen LogP contribution is -2.46. The summed E-state index contributed by atoms with van der Waals surface area (Å²) in [5, 5.41) is 4.86. The number of thiophene rings is 1. The van der Waals surface area contributed by atoms with Crippen LogP contribution in [0.1, 0.15) is 26.0 Å². The first-order chi connectivity index (χ1) is 15.3. The van der Waals surface area contributed by atoms with Crippen molar-refractivity contribution >= 4 is 32.4 Å². The van der Waals surface area contributed by atoms with Gasteiger partial charge in [-0.05, 0) is 26.5 Å². The second-order valence-corrected chi connectivity index (χ2v) is 11.0. The Balaban J connectivity index is 1.82. The maximum atomic E-state index is 13.3. The molecule has 1 aliphatic rings. The van der Waals surface area contributed by atoms with E-state index in [1.165, 1.54) is 8.99 Å². The molecular weight excluding hydrogens is 452 g/mol. The second-order valence-electron chi connectivity index (χ2n) is 7.84. The third kappa shape index (κ3) is 4.07. The average molecular weight is 481 g/mol. The van der Waals surface area contributed by atoms with Crippen molar-refractivity contribution in [2.24, 2.45) is 7.05 Å². The molecule has 3 aromatic rings. The van der Waals surface area contributed by atoms with Crippen LogP contribution in [0.15, 0.2) is 15.1 Å². The Morgan fingerprint density at radius 3 is 2.56 bits per heavy atom. The normalized spacial score (nSPS) is 16.1. The molecule has 0 amide bonds. The molecule has 0 unspecified atom stereocenters. The molecule has 4 heterocycles. The molecule has 0 saturated carbocycles. The number of aromatic nitrogens is 4. The molecule has 1 saturated heterocycles. The van der Waals surface area contributed by atoms with E-state index in [1.807, 2.05) is 20.9 Å². The molecule has 1 aliphatic heterocycles. The first-order valence-electron chi connectivity index (χ1n) is 10.7. The molecule has 10 nitrogen and oxygen atoms in total. The average Bonchev–Trinajstić information content (AvgIpc) is 3.31. The third-order valence-electron chi connectivity index (χ3n) is 5.51. The summed E-state index contributed by atoms with van der Waals surface area (Å²) in [7, 11) is 0.0235.